The fraction of sp³-hybridized carbons (Fsp3) is 0.645. The second-order valence-electron chi connectivity index (χ2n) is 11.9. The normalized spacial score (nSPS) is 37.4. The summed E-state index contributed by atoms with van der Waals surface area (Å²) in [5.74, 6) is 1.21. The summed E-state index contributed by atoms with van der Waals surface area (Å²) in [5.41, 5.74) is 0.431. The quantitative estimate of drug-likeness (QED) is 0.527. The summed E-state index contributed by atoms with van der Waals surface area (Å²) in [6, 6.07) is 9.75. The summed E-state index contributed by atoms with van der Waals surface area (Å²) in [6.45, 7) is 3.82. The monoisotopic (exact) mass is 492 g/mol. The first-order valence-electron chi connectivity index (χ1n) is 14.0. The number of rotatable bonds is 7. The lowest BCUT2D eigenvalue weighted by molar-refractivity contribution is -0.174. The first-order valence-corrected chi connectivity index (χ1v) is 14.0. The van der Waals surface area contributed by atoms with Gasteiger partial charge in [0.25, 0.3) is 0 Å². The van der Waals surface area contributed by atoms with E-state index < -0.39 is 17.0 Å². The Hall–Kier alpha value is -2.27. The number of ether oxygens (including phenoxy) is 1. The van der Waals surface area contributed by atoms with Crippen molar-refractivity contribution in [3.8, 4) is 0 Å². The summed E-state index contributed by atoms with van der Waals surface area (Å²) in [7, 11) is 0. The first kappa shape index (κ1) is 25.4. The van der Waals surface area contributed by atoms with Crippen molar-refractivity contribution in [1.82, 2.24) is 0 Å². The van der Waals surface area contributed by atoms with E-state index >= 15 is 0 Å². The molecule has 0 heterocycles. The van der Waals surface area contributed by atoms with Gasteiger partial charge in [-0.2, -0.15) is 0 Å². The Balaban J connectivity index is 1.28. The Kier molecular flexibility index (Phi) is 6.97. The van der Waals surface area contributed by atoms with E-state index in [2.05, 4.69) is 13.8 Å². The average molecular weight is 493 g/mol. The number of ketones is 2. The van der Waals surface area contributed by atoms with Crippen molar-refractivity contribution < 1.29 is 24.2 Å². The van der Waals surface area contributed by atoms with Crippen LogP contribution in [0.2, 0.25) is 0 Å². The molecule has 36 heavy (non-hydrogen) atoms. The van der Waals surface area contributed by atoms with E-state index in [9.17, 15) is 19.5 Å². The molecule has 0 aliphatic heterocycles. The van der Waals surface area contributed by atoms with E-state index in [1.165, 1.54) is 5.57 Å². The fourth-order valence-corrected chi connectivity index (χ4v) is 8.58. The summed E-state index contributed by atoms with van der Waals surface area (Å²) in [5, 5.41) is 12.2. The maximum absolute atomic E-state index is 13.6. The van der Waals surface area contributed by atoms with Crippen molar-refractivity contribution in [1.29, 1.82) is 0 Å². The van der Waals surface area contributed by atoms with Crippen molar-refractivity contribution in [2.24, 2.45) is 35.0 Å². The summed E-state index contributed by atoms with van der Waals surface area (Å²) < 4.78 is 5.42. The van der Waals surface area contributed by atoms with E-state index in [1.807, 2.05) is 36.4 Å². The number of carbonyl (C=O) groups is 3. The molecule has 0 unspecified atom stereocenters. The predicted molar refractivity (Wildman–Crippen MR) is 137 cm³/mol. The van der Waals surface area contributed by atoms with Crippen LogP contribution in [0.25, 0.3) is 0 Å². The van der Waals surface area contributed by atoms with Crippen molar-refractivity contribution in [2.45, 2.75) is 83.7 Å². The van der Waals surface area contributed by atoms with Gasteiger partial charge in [-0.25, -0.2) is 0 Å². The molecule has 3 saturated carbocycles. The SMILES string of the molecule is CC[C@@H]1C[C@H]2[C@@H]3CCC4=CC(=O)CC[C@@H]4[C@H]3CC[C@]2(C)[C@@]1(O)C(=O)COC(=O)CCc1ccccc1. The average Bonchev–Trinajstić information content (AvgIpc) is 3.13. The lowest BCUT2D eigenvalue weighted by Crippen LogP contribution is -2.59. The van der Waals surface area contributed by atoms with Gasteiger partial charge in [-0.3, -0.25) is 14.4 Å². The molecule has 5 nitrogen and oxygen atoms in total. The topological polar surface area (TPSA) is 80.7 Å². The van der Waals surface area contributed by atoms with Gasteiger partial charge < -0.3 is 9.84 Å². The van der Waals surface area contributed by atoms with E-state index in [0.717, 1.165) is 50.5 Å². The Morgan fingerprint density at radius 1 is 1.08 bits per heavy atom. The minimum absolute atomic E-state index is 0.119. The van der Waals surface area contributed by atoms with Crippen LogP contribution in [-0.2, 0) is 25.5 Å². The lowest BCUT2D eigenvalue weighted by atomic mass is 9.50. The molecule has 0 saturated heterocycles. The minimum Gasteiger partial charge on any atom is -0.458 e. The maximum Gasteiger partial charge on any atom is 0.306 e. The number of benzene rings is 1. The van der Waals surface area contributed by atoms with Gasteiger partial charge in [0, 0.05) is 18.3 Å². The molecule has 5 heteroatoms. The summed E-state index contributed by atoms with van der Waals surface area (Å²) in [6.07, 6.45) is 9.67. The highest BCUT2D eigenvalue weighted by Gasteiger charge is 2.68. The molecule has 4 aliphatic rings. The number of allylic oxidation sites excluding steroid dienone is 1. The molecule has 7 atom stereocenters. The van der Waals surface area contributed by atoms with E-state index in [1.54, 1.807) is 0 Å². The first-order chi connectivity index (χ1) is 17.3. The van der Waals surface area contributed by atoms with Gasteiger partial charge in [0.2, 0.25) is 5.78 Å². The second kappa shape index (κ2) is 9.89. The van der Waals surface area contributed by atoms with Gasteiger partial charge in [-0.1, -0.05) is 56.2 Å². The molecule has 5 rings (SSSR count). The number of aliphatic hydroxyl groups is 1. The molecule has 0 amide bonds. The van der Waals surface area contributed by atoms with E-state index in [-0.39, 0.29) is 36.4 Å². The van der Waals surface area contributed by atoms with Gasteiger partial charge in [-0.15, -0.1) is 0 Å². The molecule has 0 aromatic heterocycles. The predicted octanol–water partition coefficient (Wildman–Crippen LogP) is 5.24. The third kappa shape index (κ3) is 4.17. The van der Waals surface area contributed by atoms with Crippen LogP contribution in [-0.4, -0.2) is 34.9 Å². The standard InChI is InChI=1S/C31H40O5/c1-3-22-18-27-26-12-10-21-17-23(32)11-13-24(21)25(26)15-16-30(27,2)31(22,35)28(33)19-36-29(34)14-9-20-7-5-4-6-8-20/h4-8,17,22,24-27,35H,3,9-16,18-19H2,1-2H3/t22-,24+,25-,26-,27+,30+,31+/m1/s1. The van der Waals surface area contributed by atoms with Crippen molar-refractivity contribution >= 4 is 17.5 Å². The smallest absolute Gasteiger partial charge is 0.306 e. The molecule has 194 valence electrons. The summed E-state index contributed by atoms with van der Waals surface area (Å²) in [4.78, 5) is 38.0. The molecule has 4 aliphatic carbocycles. The van der Waals surface area contributed by atoms with Gasteiger partial charge in [0.15, 0.2) is 12.4 Å². The van der Waals surface area contributed by atoms with Gasteiger partial charge >= 0.3 is 5.97 Å². The maximum atomic E-state index is 13.6. The Bertz CT molecular complexity index is 1040. The number of aryl methyl sites for hydroxylation is 1. The molecule has 1 aromatic rings. The molecular formula is C31H40O5. The van der Waals surface area contributed by atoms with Crippen LogP contribution in [0.3, 0.4) is 0 Å². The third-order valence-electron chi connectivity index (χ3n) is 10.4. The van der Waals surface area contributed by atoms with Crippen LogP contribution in [0.15, 0.2) is 42.0 Å². The zero-order valence-corrected chi connectivity index (χ0v) is 21.7. The highest BCUT2D eigenvalue weighted by molar-refractivity contribution is 5.92. The Morgan fingerprint density at radius 2 is 1.86 bits per heavy atom. The van der Waals surface area contributed by atoms with E-state index in [0.29, 0.717) is 30.6 Å². The number of hydrogen-bond acceptors (Lipinski definition) is 5. The molecule has 0 spiro atoms. The number of hydrogen-bond donors (Lipinski definition) is 1. The van der Waals surface area contributed by atoms with Crippen LogP contribution in [0.5, 0.6) is 0 Å². The number of esters is 1. The second-order valence-corrected chi connectivity index (χ2v) is 11.9. The van der Waals surface area contributed by atoms with Crippen molar-refractivity contribution in [3.05, 3.63) is 47.5 Å². The van der Waals surface area contributed by atoms with E-state index in [4.69, 9.17) is 4.74 Å². The molecular weight excluding hydrogens is 452 g/mol. The van der Waals surface area contributed by atoms with Crippen LogP contribution in [0, 0.1) is 35.0 Å². The van der Waals surface area contributed by atoms with Crippen LogP contribution in [0.1, 0.15) is 77.2 Å². The molecule has 0 radical (unpaired) electrons. The van der Waals surface area contributed by atoms with Crippen LogP contribution >= 0.6 is 0 Å². The van der Waals surface area contributed by atoms with Crippen molar-refractivity contribution in [2.75, 3.05) is 6.61 Å². The Labute approximate surface area is 214 Å². The Morgan fingerprint density at radius 3 is 2.61 bits per heavy atom. The fourth-order valence-electron chi connectivity index (χ4n) is 8.58. The molecule has 3 fully saturated rings. The lowest BCUT2D eigenvalue weighted by Gasteiger charge is -2.55. The van der Waals surface area contributed by atoms with Gasteiger partial charge in [0.1, 0.15) is 5.60 Å². The third-order valence-corrected chi connectivity index (χ3v) is 10.4. The highest BCUT2D eigenvalue weighted by atomic mass is 16.5. The molecule has 0 bridgehead atoms. The molecule has 1 aromatic carbocycles. The molecule has 1 N–H and O–H groups in total. The number of carbonyl (C=O) groups excluding carboxylic acids is 3. The largest absolute Gasteiger partial charge is 0.458 e. The zero-order valence-electron chi connectivity index (χ0n) is 21.7. The van der Waals surface area contributed by atoms with Crippen molar-refractivity contribution in [3.63, 3.8) is 0 Å². The van der Waals surface area contributed by atoms with Gasteiger partial charge in [-0.05, 0) is 86.2 Å². The minimum atomic E-state index is -1.46. The number of Topliss-reactive ketones (excluding diaryl/α,β-unsaturated/α-hetero) is 1. The highest BCUT2D eigenvalue weighted by Crippen LogP contribution is 2.67. The summed E-state index contributed by atoms with van der Waals surface area (Å²) >= 11 is 0. The zero-order chi connectivity index (χ0) is 25.5. The van der Waals surface area contributed by atoms with Crippen LogP contribution < -0.4 is 0 Å². The van der Waals surface area contributed by atoms with Crippen LogP contribution in [0.4, 0.5) is 0 Å². The number of fused-ring (bicyclic) bond motifs is 5. The van der Waals surface area contributed by atoms with Gasteiger partial charge in [0.05, 0.1) is 0 Å².